The lowest BCUT2D eigenvalue weighted by atomic mass is 9.92. The third-order valence-corrected chi connectivity index (χ3v) is 10.4. The molecule has 0 spiro atoms. The molecule has 3 aromatic heterocycles. The number of furan rings is 2. The maximum absolute atomic E-state index is 6.31. The Balaban J connectivity index is 1.11. The molecular formula is C48H30N4O2. The van der Waals surface area contributed by atoms with E-state index in [1.807, 2.05) is 66.9 Å². The molecule has 6 heteroatoms. The SMILES string of the molecule is c1ccc(-c2cccc(C3N=C(c4cccc5oc6ccccc6c45)N=C(c4ccc(-c5cccc6oc7cccnc7c56)c5ccccc45)N3)c2)cc1. The summed E-state index contributed by atoms with van der Waals surface area (Å²) in [5, 5.41) is 8.98. The number of amidine groups is 2. The predicted octanol–water partition coefficient (Wildman–Crippen LogP) is 11.9. The lowest BCUT2D eigenvalue weighted by Gasteiger charge is -2.25. The molecule has 0 bridgehead atoms. The average Bonchev–Trinajstić information content (AvgIpc) is 3.82. The molecule has 0 saturated carbocycles. The summed E-state index contributed by atoms with van der Waals surface area (Å²) in [6, 6.07) is 56.3. The minimum atomic E-state index is -0.403. The number of fused-ring (bicyclic) bond motifs is 7. The largest absolute Gasteiger partial charge is 0.456 e. The van der Waals surface area contributed by atoms with Crippen LogP contribution in [-0.4, -0.2) is 16.7 Å². The van der Waals surface area contributed by atoms with Crippen molar-refractivity contribution in [3.05, 3.63) is 187 Å². The fourth-order valence-electron chi connectivity index (χ4n) is 7.96. The van der Waals surface area contributed by atoms with E-state index in [0.29, 0.717) is 5.84 Å². The fraction of sp³-hybridized carbons (Fsp3) is 0.0208. The van der Waals surface area contributed by atoms with Gasteiger partial charge in [-0.15, -0.1) is 0 Å². The highest BCUT2D eigenvalue weighted by Gasteiger charge is 2.25. The highest BCUT2D eigenvalue weighted by molar-refractivity contribution is 6.24. The molecule has 0 fully saturated rings. The summed E-state index contributed by atoms with van der Waals surface area (Å²) in [6.07, 6.45) is 1.42. The molecule has 11 rings (SSSR count). The van der Waals surface area contributed by atoms with Gasteiger partial charge in [-0.05, 0) is 75.0 Å². The van der Waals surface area contributed by atoms with Crippen LogP contribution in [0.4, 0.5) is 0 Å². The van der Waals surface area contributed by atoms with Gasteiger partial charge in [0.25, 0.3) is 0 Å². The van der Waals surface area contributed by atoms with Crippen LogP contribution in [-0.2, 0) is 0 Å². The van der Waals surface area contributed by atoms with E-state index in [4.69, 9.17) is 23.8 Å². The smallest absolute Gasteiger partial charge is 0.160 e. The number of hydrogen-bond acceptors (Lipinski definition) is 6. The van der Waals surface area contributed by atoms with E-state index < -0.39 is 6.17 Å². The van der Waals surface area contributed by atoms with Crippen LogP contribution in [0.1, 0.15) is 22.9 Å². The van der Waals surface area contributed by atoms with E-state index in [2.05, 4.69) is 108 Å². The zero-order valence-corrected chi connectivity index (χ0v) is 28.9. The van der Waals surface area contributed by atoms with E-state index in [1.165, 1.54) is 0 Å². The van der Waals surface area contributed by atoms with Gasteiger partial charge in [-0.1, -0.05) is 127 Å². The summed E-state index contributed by atoms with van der Waals surface area (Å²) in [7, 11) is 0. The standard InChI is InChI=1S/C48H30N4O2/c1-2-12-29(13-3-1)30-14-8-15-31(28-30)46-50-47(52-48(51-46)38-20-10-22-40-43(38)37-18-6-7-21-39(37)53-40)36-26-25-34(32-16-4-5-17-33(32)36)35-19-9-23-41-44(35)45-42(54-41)24-11-27-49-45/h1-28,46H,(H,50,51,52). The van der Waals surface area contributed by atoms with E-state index in [0.717, 1.165) is 99.6 Å². The van der Waals surface area contributed by atoms with Gasteiger partial charge in [0.2, 0.25) is 0 Å². The van der Waals surface area contributed by atoms with E-state index in [1.54, 1.807) is 0 Å². The second-order valence-electron chi connectivity index (χ2n) is 13.6. The summed E-state index contributed by atoms with van der Waals surface area (Å²) in [4.78, 5) is 15.4. The quantitative estimate of drug-likeness (QED) is 0.195. The van der Waals surface area contributed by atoms with Crippen LogP contribution >= 0.6 is 0 Å². The molecule has 54 heavy (non-hydrogen) atoms. The Morgan fingerprint density at radius 1 is 0.463 bits per heavy atom. The first-order chi connectivity index (χ1) is 26.8. The van der Waals surface area contributed by atoms with Crippen LogP contribution in [0.15, 0.2) is 189 Å². The molecule has 4 heterocycles. The normalized spacial score (nSPS) is 14.5. The Kier molecular flexibility index (Phi) is 6.82. The monoisotopic (exact) mass is 694 g/mol. The molecule has 0 saturated heterocycles. The first kappa shape index (κ1) is 30.3. The molecular weight excluding hydrogens is 665 g/mol. The maximum Gasteiger partial charge on any atom is 0.160 e. The molecule has 1 unspecified atom stereocenters. The van der Waals surface area contributed by atoms with Gasteiger partial charge in [0.1, 0.15) is 34.3 Å². The molecule has 7 aromatic carbocycles. The number of para-hydroxylation sites is 1. The molecule has 1 atom stereocenters. The van der Waals surface area contributed by atoms with E-state index in [9.17, 15) is 0 Å². The fourth-order valence-corrected chi connectivity index (χ4v) is 7.96. The number of aliphatic imine (C=N–C) groups is 2. The van der Waals surface area contributed by atoms with Gasteiger partial charge in [-0.2, -0.15) is 0 Å². The predicted molar refractivity (Wildman–Crippen MR) is 219 cm³/mol. The summed E-state index contributed by atoms with van der Waals surface area (Å²) >= 11 is 0. The molecule has 0 radical (unpaired) electrons. The van der Waals surface area contributed by atoms with Gasteiger partial charge in [0, 0.05) is 28.1 Å². The highest BCUT2D eigenvalue weighted by atomic mass is 16.3. The Hall–Kier alpha value is -7.31. The van der Waals surface area contributed by atoms with Crippen molar-refractivity contribution >= 4 is 66.5 Å². The van der Waals surface area contributed by atoms with Crippen molar-refractivity contribution in [1.82, 2.24) is 10.3 Å². The molecule has 6 nitrogen and oxygen atoms in total. The van der Waals surface area contributed by atoms with Gasteiger partial charge >= 0.3 is 0 Å². The van der Waals surface area contributed by atoms with Gasteiger partial charge in [-0.25, -0.2) is 9.98 Å². The third-order valence-electron chi connectivity index (χ3n) is 10.4. The van der Waals surface area contributed by atoms with E-state index in [-0.39, 0.29) is 0 Å². The van der Waals surface area contributed by atoms with Crippen molar-refractivity contribution in [2.24, 2.45) is 9.98 Å². The number of nitrogens with zero attached hydrogens (tertiary/aromatic N) is 3. The van der Waals surface area contributed by atoms with Gasteiger partial charge in [0.05, 0.1) is 5.39 Å². The Bertz CT molecular complexity index is 3150. The van der Waals surface area contributed by atoms with E-state index >= 15 is 0 Å². The third kappa shape index (κ3) is 4.85. The zero-order valence-electron chi connectivity index (χ0n) is 28.9. The number of benzene rings is 7. The molecule has 1 aliphatic heterocycles. The molecule has 1 N–H and O–H groups in total. The number of hydrogen-bond donors (Lipinski definition) is 1. The summed E-state index contributed by atoms with van der Waals surface area (Å²) in [5.74, 6) is 1.39. The Morgan fingerprint density at radius 3 is 1.98 bits per heavy atom. The highest BCUT2D eigenvalue weighted by Crippen LogP contribution is 2.40. The summed E-state index contributed by atoms with van der Waals surface area (Å²) in [6.45, 7) is 0. The number of pyridine rings is 1. The summed E-state index contributed by atoms with van der Waals surface area (Å²) in [5.41, 5.74) is 11.5. The summed E-state index contributed by atoms with van der Waals surface area (Å²) < 4.78 is 12.5. The van der Waals surface area contributed by atoms with Crippen LogP contribution < -0.4 is 5.32 Å². The van der Waals surface area contributed by atoms with Gasteiger partial charge in [-0.3, -0.25) is 4.98 Å². The molecule has 0 amide bonds. The molecule has 1 aliphatic rings. The second kappa shape index (κ2) is 12.1. The lowest BCUT2D eigenvalue weighted by molar-refractivity contribution is 0.668. The molecule has 254 valence electrons. The maximum atomic E-state index is 6.31. The van der Waals surface area contributed by atoms with Crippen molar-refractivity contribution in [3.63, 3.8) is 0 Å². The van der Waals surface area contributed by atoms with Crippen LogP contribution in [0, 0.1) is 0 Å². The molecule has 10 aromatic rings. The average molecular weight is 695 g/mol. The van der Waals surface area contributed by atoms with Crippen LogP contribution in [0.3, 0.4) is 0 Å². The van der Waals surface area contributed by atoms with Gasteiger partial charge in [0.15, 0.2) is 11.4 Å². The van der Waals surface area contributed by atoms with Crippen molar-refractivity contribution in [3.8, 4) is 22.3 Å². The van der Waals surface area contributed by atoms with Crippen LogP contribution in [0.5, 0.6) is 0 Å². The zero-order chi connectivity index (χ0) is 35.6. The van der Waals surface area contributed by atoms with Crippen molar-refractivity contribution in [1.29, 1.82) is 0 Å². The van der Waals surface area contributed by atoms with Gasteiger partial charge < -0.3 is 14.2 Å². The first-order valence-corrected chi connectivity index (χ1v) is 18.0. The number of nitrogens with one attached hydrogen (secondary N) is 1. The second-order valence-corrected chi connectivity index (χ2v) is 13.6. The number of rotatable bonds is 5. The Labute approximate surface area is 309 Å². The lowest BCUT2D eigenvalue weighted by Crippen LogP contribution is -2.33. The first-order valence-electron chi connectivity index (χ1n) is 18.0. The van der Waals surface area contributed by atoms with Crippen molar-refractivity contribution in [2.75, 3.05) is 0 Å². The minimum absolute atomic E-state index is 0.403. The van der Waals surface area contributed by atoms with Crippen LogP contribution in [0.2, 0.25) is 0 Å². The van der Waals surface area contributed by atoms with Crippen LogP contribution in [0.25, 0.3) is 77.0 Å². The van der Waals surface area contributed by atoms with Crippen molar-refractivity contribution in [2.45, 2.75) is 6.17 Å². The van der Waals surface area contributed by atoms with Crippen molar-refractivity contribution < 1.29 is 8.83 Å². The Morgan fingerprint density at radius 2 is 1.11 bits per heavy atom. The number of aromatic nitrogens is 1. The minimum Gasteiger partial charge on any atom is -0.456 e. The topological polar surface area (TPSA) is 75.9 Å². The molecule has 0 aliphatic carbocycles.